The molecule has 1 atom stereocenters. The fourth-order valence-corrected chi connectivity index (χ4v) is 2.30. The Bertz CT molecular complexity index is 538. The van der Waals surface area contributed by atoms with Crippen LogP contribution in [0, 0.1) is 0 Å². The van der Waals surface area contributed by atoms with E-state index in [1.54, 1.807) is 0 Å². The van der Waals surface area contributed by atoms with Crippen LogP contribution < -0.4 is 0 Å². The van der Waals surface area contributed by atoms with E-state index in [1.165, 1.54) is 12.0 Å². The van der Waals surface area contributed by atoms with Gasteiger partial charge in [0.05, 0.1) is 7.11 Å². The third-order valence-electron chi connectivity index (χ3n) is 3.53. The fourth-order valence-electron chi connectivity index (χ4n) is 2.30. The lowest BCUT2D eigenvalue weighted by Gasteiger charge is -2.21. The largest absolute Gasteiger partial charge is 0.467 e. The van der Waals surface area contributed by atoms with Crippen molar-refractivity contribution in [2.24, 2.45) is 0 Å². The van der Waals surface area contributed by atoms with Crippen LogP contribution in [0.2, 0.25) is 0 Å². The molecule has 5 heteroatoms. The third-order valence-corrected chi connectivity index (χ3v) is 3.53. The maximum absolute atomic E-state index is 12.2. The maximum Gasteiger partial charge on any atom is 0.411 e. The van der Waals surface area contributed by atoms with Gasteiger partial charge in [-0.25, -0.2) is 9.59 Å². The van der Waals surface area contributed by atoms with Gasteiger partial charge in [-0.15, -0.1) is 0 Å². The Morgan fingerprint density at radius 3 is 2.67 bits per heavy atom. The molecule has 1 aromatic carbocycles. The van der Waals surface area contributed by atoms with Crippen molar-refractivity contribution >= 4 is 12.1 Å². The molecular weight excluding hydrogens is 270 g/mol. The monoisotopic (exact) mass is 289 g/mol. The Labute approximate surface area is 124 Å². The summed E-state index contributed by atoms with van der Waals surface area (Å²) < 4.78 is 10.0. The molecule has 1 heterocycles. The molecule has 0 saturated carbocycles. The number of carbonyl (C=O) groups is 2. The van der Waals surface area contributed by atoms with Gasteiger partial charge >= 0.3 is 12.1 Å². The highest BCUT2D eigenvalue weighted by atomic mass is 16.6. The molecule has 1 amide bonds. The molecule has 112 valence electrons. The van der Waals surface area contributed by atoms with Crippen molar-refractivity contribution in [3.63, 3.8) is 0 Å². The van der Waals surface area contributed by atoms with Gasteiger partial charge in [0.1, 0.15) is 12.6 Å². The highest BCUT2D eigenvalue weighted by Gasteiger charge is 2.38. The van der Waals surface area contributed by atoms with Gasteiger partial charge in [-0.2, -0.15) is 0 Å². The Kier molecular flexibility index (Phi) is 4.98. The molecule has 0 spiro atoms. The van der Waals surface area contributed by atoms with Crippen LogP contribution in [0.4, 0.5) is 4.79 Å². The average Bonchev–Trinajstić information content (AvgIpc) is 2.97. The smallest absolute Gasteiger partial charge is 0.411 e. The van der Waals surface area contributed by atoms with Crippen LogP contribution in [0.25, 0.3) is 0 Å². The summed E-state index contributed by atoms with van der Waals surface area (Å²) in [6.45, 7) is 2.49. The molecule has 1 unspecified atom stereocenters. The minimum absolute atomic E-state index is 0.190. The summed E-state index contributed by atoms with van der Waals surface area (Å²) >= 11 is 0. The molecule has 0 bridgehead atoms. The van der Waals surface area contributed by atoms with Gasteiger partial charge in [-0.1, -0.05) is 42.0 Å². The van der Waals surface area contributed by atoms with Crippen LogP contribution in [0.3, 0.4) is 0 Å². The van der Waals surface area contributed by atoms with Gasteiger partial charge in [-0.3, -0.25) is 4.90 Å². The van der Waals surface area contributed by atoms with Crippen molar-refractivity contribution in [2.45, 2.75) is 26.0 Å². The van der Waals surface area contributed by atoms with E-state index in [-0.39, 0.29) is 6.61 Å². The average molecular weight is 289 g/mol. The van der Waals surface area contributed by atoms with Crippen molar-refractivity contribution in [3.05, 3.63) is 47.5 Å². The first-order valence-corrected chi connectivity index (χ1v) is 6.85. The lowest BCUT2D eigenvalue weighted by atomic mass is 10.1. The molecule has 0 aromatic heterocycles. The first-order chi connectivity index (χ1) is 10.2. The second-order valence-corrected chi connectivity index (χ2v) is 4.86. The summed E-state index contributed by atoms with van der Waals surface area (Å²) in [6, 6.07) is 8.84. The Morgan fingerprint density at radius 2 is 2.05 bits per heavy atom. The van der Waals surface area contributed by atoms with Gasteiger partial charge in [0.25, 0.3) is 0 Å². The van der Waals surface area contributed by atoms with E-state index in [2.05, 4.69) is 0 Å². The van der Waals surface area contributed by atoms with E-state index in [0.717, 1.165) is 11.1 Å². The topological polar surface area (TPSA) is 55.8 Å². The van der Waals surface area contributed by atoms with Crippen LogP contribution in [0.1, 0.15) is 18.9 Å². The zero-order chi connectivity index (χ0) is 15.2. The van der Waals surface area contributed by atoms with Gasteiger partial charge in [-0.05, 0) is 12.5 Å². The van der Waals surface area contributed by atoms with Gasteiger partial charge in [0.2, 0.25) is 0 Å². The van der Waals surface area contributed by atoms with E-state index < -0.39 is 18.1 Å². The quantitative estimate of drug-likeness (QED) is 0.634. The van der Waals surface area contributed by atoms with Gasteiger partial charge in [0.15, 0.2) is 0 Å². The van der Waals surface area contributed by atoms with Crippen molar-refractivity contribution in [1.82, 2.24) is 4.90 Å². The summed E-state index contributed by atoms with van der Waals surface area (Å²) in [6.07, 6.45) is 1.93. The second-order valence-electron chi connectivity index (χ2n) is 4.86. The van der Waals surface area contributed by atoms with Crippen LogP contribution >= 0.6 is 0 Å². The molecule has 0 radical (unpaired) electrons. The third kappa shape index (κ3) is 3.62. The minimum Gasteiger partial charge on any atom is -0.467 e. The summed E-state index contributed by atoms with van der Waals surface area (Å²) in [5.74, 6) is -0.413. The normalized spacial score (nSPS) is 19.6. The highest BCUT2D eigenvalue weighted by Crippen LogP contribution is 2.24. The minimum atomic E-state index is -0.593. The van der Waals surface area contributed by atoms with Crippen molar-refractivity contribution in [1.29, 1.82) is 0 Å². The molecule has 1 saturated heterocycles. The van der Waals surface area contributed by atoms with E-state index in [0.29, 0.717) is 13.0 Å². The predicted molar refractivity (Wildman–Crippen MR) is 77.5 cm³/mol. The number of likely N-dealkylation sites (tertiary alicyclic amines) is 1. The molecule has 5 nitrogen and oxygen atoms in total. The molecular formula is C16H19NO4. The standard InChI is InChI=1S/C16H19NO4/c1-3-12-9-14(15(18)20-2)17(10-12)16(19)21-11-13-7-5-4-6-8-13/h3-8,14H,9-11H2,1-2H3/b12-3-. The van der Waals surface area contributed by atoms with E-state index >= 15 is 0 Å². The molecule has 0 N–H and O–H groups in total. The zero-order valence-electron chi connectivity index (χ0n) is 12.2. The molecule has 1 fully saturated rings. The summed E-state index contributed by atoms with van der Waals surface area (Å²) in [7, 11) is 1.32. The van der Waals surface area contributed by atoms with Crippen LogP contribution in [0.15, 0.2) is 42.0 Å². The van der Waals surface area contributed by atoms with Crippen molar-refractivity contribution in [3.8, 4) is 0 Å². The number of benzene rings is 1. The number of nitrogens with zero attached hydrogens (tertiary/aromatic N) is 1. The second kappa shape index (κ2) is 6.92. The molecule has 1 aliphatic rings. The lowest BCUT2D eigenvalue weighted by molar-refractivity contribution is -0.145. The first-order valence-electron chi connectivity index (χ1n) is 6.85. The number of esters is 1. The van der Waals surface area contributed by atoms with E-state index in [1.807, 2.05) is 43.3 Å². The van der Waals surface area contributed by atoms with E-state index in [4.69, 9.17) is 9.47 Å². The molecule has 1 aromatic rings. The number of allylic oxidation sites excluding steroid dienone is 1. The molecule has 1 aliphatic heterocycles. The number of hydrogen-bond donors (Lipinski definition) is 0. The number of methoxy groups -OCH3 is 1. The van der Waals surface area contributed by atoms with Crippen molar-refractivity contribution < 1.29 is 19.1 Å². The van der Waals surface area contributed by atoms with Crippen LogP contribution in [0.5, 0.6) is 0 Å². The Morgan fingerprint density at radius 1 is 1.33 bits per heavy atom. The van der Waals surface area contributed by atoms with Crippen LogP contribution in [-0.4, -0.2) is 36.7 Å². The highest BCUT2D eigenvalue weighted by molar-refractivity contribution is 5.83. The van der Waals surface area contributed by atoms with Gasteiger partial charge in [0, 0.05) is 13.0 Å². The Hall–Kier alpha value is -2.30. The molecule has 2 rings (SSSR count). The number of hydrogen-bond acceptors (Lipinski definition) is 4. The lowest BCUT2D eigenvalue weighted by Crippen LogP contribution is -2.41. The molecule has 21 heavy (non-hydrogen) atoms. The van der Waals surface area contributed by atoms with E-state index in [9.17, 15) is 9.59 Å². The number of carbonyl (C=O) groups excluding carboxylic acids is 2. The number of amides is 1. The summed E-state index contributed by atoms with van der Waals surface area (Å²) in [5.41, 5.74) is 1.94. The SMILES string of the molecule is C/C=C1/CC(C(=O)OC)N(C(=O)OCc2ccccc2)C1. The van der Waals surface area contributed by atoms with Crippen molar-refractivity contribution in [2.75, 3.05) is 13.7 Å². The predicted octanol–water partition coefficient (Wildman–Crippen LogP) is 2.52. The molecule has 0 aliphatic carbocycles. The van der Waals surface area contributed by atoms with Gasteiger partial charge < -0.3 is 9.47 Å². The number of ether oxygens (including phenoxy) is 2. The van der Waals surface area contributed by atoms with Crippen LogP contribution in [-0.2, 0) is 20.9 Å². The maximum atomic E-state index is 12.2. The zero-order valence-corrected chi connectivity index (χ0v) is 12.2. The summed E-state index contributed by atoms with van der Waals surface area (Å²) in [4.78, 5) is 25.4. The summed E-state index contributed by atoms with van der Waals surface area (Å²) in [5, 5.41) is 0. The first kappa shape index (κ1) is 15.1. The number of rotatable bonds is 3. The fraction of sp³-hybridized carbons (Fsp3) is 0.375. The Balaban J connectivity index is 2.01.